The molecule has 0 amide bonds. The highest BCUT2D eigenvalue weighted by molar-refractivity contribution is 5.57. The Morgan fingerprint density at radius 2 is 0.673 bits per heavy atom. The molecule has 0 spiro atoms. The zero-order chi connectivity index (χ0) is 38.0. The number of hydrogen-bond acceptors (Lipinski definition) is 24. The van der Waals surface area contributed by atoms with E-state index in [1.807, 2.05) is 0 Å². The van der Waals surface area contributed by atoms with Gasteiger partial charge in [0.05, 0.1) is 26.4 Å². The van der Waals surface area contributed by atoms with Crippen molar-refractivity contribution in [1.29, 1.82) is 0 Å². The smallest absolute Gasteiger partial charge is 0.184 e. The Balaban J connectivity index is -0.000000132. The van der Waals surface area contributed by atoms with E-state index in [1.54, 1.807) is 0 Å². The van der Waals surface area contributed by atoms with Crippen LogP contribution in [0.3, 0.4) is 0 Å². The van der Waals surface area contributed by atoms with E-state index in [1.165, 1.54) is 0 Å². The summed E-state index contributed by atoms with van der Waals surface area (Å²) >= 11 is 0. The lowest BCUT2D eigenvalue weighted by atomic mass is 10.00. The number of carbonyl (C=O) groups excluding carboxylic acids is 2. The van der Waals surface area contributed by atoms with Gasteiger partial charge in [-0.3, -0.25) is 0 Å². The van der Waals surface area contributed by atoms with Crippen molar-refractivity contribution in [2.24, 2.45) is 0 Å². The van der Waals surface area contributed by atoms with Crippen LogP contribution in [0.2, 0.25) is 0 Å². The van der Waals surface area contributed by atoms with Crippen molar-refractivity contribution in [2.75, 3.05) is 26.4 Å². The van der Waals surface area contributed by atoms with E-state index in [2.05, 4.69) is 9.47 Å². The Labute approximate surface area is 300 Å². The fourth-order valence-electron chi connectivity index (χ4n) is 3.40. The van der Waals surface area contributed by atoms with Gasteiger partial charge >= 0.3 is 0 Å². The standard InChI is InChI=1S/4C6H12O6.4CH4/c2*7-1-2-3(8)4(9)5(10)6(11)12-2;2*7-1-3(9)5(11)6(12)4(10)2-8;;;;/h2*2-11H,1H2;2*1,3-6,8-12H,2H2;4*1H4/t2?,3-,4+,5?,6+;2?,3-,4+,5?,6-;;;;;;/m00....../s1. The van der Waals surface area contributed by atoms with Gasteiger partial charge in [0.1, 0.15) is 97.7 Å². The first-order valence-electron chi connectivity index (χ1n) is 13.8. The third kappa shape index (κ3) is 19.7. The number of aliphatic hydroxyl groups is 20. The first-order chi connectivity index (χ1) is 22.2. The van der Waals surface area contributed by atoms with Crippen molar-refractivity contribution >= 4 is 12.6 Å². The van der Waals surface area contributed by atoms with Crippen LogP contribution in [-0.4, -0.2) is 251 Å². The predicted octanol–water partition coefficient (Wildman–Crippen LogP) is -10.7. The number of hydrogen-bond donors (Lipinski definition) is 20. The number of rotatable bonds is 12. The zero-order valence-corrected chi connectivity index (χ0v) is 25.0. The van der Waals surface area contributed by atoms with Gasteiger partial charge in [0.2, 0.25) is 0 Å². The molecule has 18 atom stereocenters. The molecular weight excluding hydrogens is 720 g/mol. The summed E-state index contributed by atoms with van der Waals surface area (Å²) < 4.78 is 9.15. The van der Waals surface area contributed by atoms with Gasteiger partial charge in [0.25, 0.3) is 0 Å². The summed E-state index contributed by atoms with van der Waals surface area (Å²) in [6.45, 7) is -2.57. The van der Waals surface area contributed by atoms with E-state index in [0.29, 0.717) is 0 Å². The Morgan fingerprint density at radius 1 is 0.423 bits per heavy atom. The number of ether oxygens (including phenoxy) is 2. The van der Waals surface area contributed by atoms with Crippen LogP contribution in [0, 0.1) is 0 Å². The predicted molar refractivity (Wildman–Crippen MR) is 173 cm³/mol. The van der Waals surface area contributed by atoms with E-state index in [-0.39, 0.29) is 42.3 Å². The molecule has 2 aliphatic heterocycles. The summed E-state index contributed by atoms with van der Waals surface area (Å²) in [7, 11) is 0. The largest absolute Gasteiger partial charge is 0.394 e. The maximum absolute atomic E-state index is 9.90. The molecule has 2 fully saturated rings. The van der Waals surface area contributed by atoms with Crippen LogP contribution in [0.5, 0.6) is 0 Å². The van der Waals surface area contributed by atoms with Crippen LogP contribution in [0.25, 0.3) is 0 Å². The van der Waals surface area contributed by atoms with E-state index in [0.717, 1.165) is 0 Å². The Kier molecular flexibility index (Phi) is 38.2. The van der Waals surface area contributed by atoms with Crippen molar-refractivity contribution in [2.45, 2.75) is 140 Å². The first kappa shape index (κ1) is 62.4. The maximum atomic E-state index is 9.90. The van der Waals surface area contributed by atoms with Crippen LogP contribution >= 0.6 is 0 Å². The van der Waals surface area contributed by atoms with E-state index >= 15 is 0 Å². The van der Waals surface area contributed by atoms with Crippen molar-refractivity contribution in [3.8, 4) is 0 Å². The van der Waals surface area contributed by atoms with E-state index in [4.69, 9.17) is 102 Å². The summed E-state index contributed by atoms with van der Waals surface area (Å²) in [6.07, 6.45) is -27.8. The van der Waals surface area contributed by atoms with Crippen LogP contribution in [0.4, 0.5) is 0 Å². The molecule has 0 aromatic carbocycles. The second kappa shape index (κ2) is 31.8. The van der Waals surface area contributed by atoms with Crippen LogP contribution < -0.4 is 0 Å². The molecule has 2 heterocycles. The topological polar surface area (TPSA) is 457 Å². The molecule has 0 radical (unpaired) electrons. The third-order valence-electron chi connectivity index (χ3n) is 6.58. The molecule has 52 heavy (non-hydrogen) atoms. The van der Waals surface area contributed by atoms with Crippen molar-refractivity contribution in [1.82, 2.24) is 0 Å². The summed E-state index contributed by atoms with van der Waals surface area (Å²) in [5.41, 5.74) is 0. The summed E-state index contributed by atoms with van der Waals surface area (Å²) in [6, 6.07) is 0. The minimum absolute atomic E-state index is 0. The van der Waals surface area contributed by atoms with Crippen LogP contribution in [0.15, 0.2) is 0 Å². The minimum atomic E-state index is -1.79. The molecule has 320 valence electrons. The van der Waals surface area contributed by atoms with Gasteiger partial charge in [0.15, 0.2) is 25.2 Å². The van der Waals surface area contributed by atoms with Crippen LogP contribution in [0.1, 0.15) is 29.7 Å². The summed E-state index contributed by atoms with van der Waals surface area (Å²) in [4.78, 5) is 19.8. The molecule has 2 saturated heterocycles. The minimum Gasteiger partial charge on any atom is -0.394 e. The third-order valence-corrected chi connectivity index (χ3v) is 6.58. The highest BCUT2D eigenvalue weighted by Gasteiger charge is 2.43. The van der Waals surface area contributed by atoms with Gasteiger partial charge in [-0.25, -0.2) is 0 Å². The lowest BCUT2D eigenvalue weighted by molar-refractivity contribution is -0.286. The Bertz CT molecular complexity index is 770. The molecule has 0 aliphatic carbocycles. The molecule has 24 heteroatoms. The SMILES string of the molecule is C.C.C.C.O=CC(O)C(O)C(O)C(O)CO.O=CC(O)C(O)C(O)C(O)CO.OCC1O[C@@H](O)C(O)[C@H](O)[C@H]1O.OCC1O[C@H](O)C(O)[C@H](O)[C@H]1O. The number of aldehydes is 2. The van der Waals surface area contributed by atoms with Crippen molar-refractivity contribution < 1.29 is 121 Å². The van der Waals surface area contributed by atoms with Gasteiger partial charge in [-0.2, -0.15) is 0 Å². The lowest BCUT2D eigenvalue weighted by Crippen LogP contribution is -2.58. The average molecular weight is 785 g/mol. The molecule has 0 bridgehead atoms. The van der Waals surface area contributed by atoms with E-state index < -0.39 is 137 Å². The fourth-order valence-corrected chi connectivity index (χ4v) is 3.40. The molecular formula is C28H64O24. The van der Waals surface area contributed by atoms with Gasteiger partial charge in [-0.1, -0.05) is 29.7 Å². The second-order valence-electron chi connectivity index (χ2n) is 10.2. The molecule has 12 unspecified atom stereocenters. The van der Waals surface area contributed by atoms with Gasteiger partial charge in [-0.05, 0) is 0 Å². The molecule has 0 aromatic rings. The highest BCUT2D eigenvalue weighted by Crippen LogP contribution is 2.20. The normalized spacial score (nSPS) is 32.5. The van der Waals surface area contributed by atoms with Gasteiger partial charge in [0, 0.05) is 0 Å². The monoisotopic (exact) mass is 784 g/mol. The van der Waals surface area contributed by atoms with Crippen molar-refractivity contribution in [3.63, 3.8) is 0 Å². The van der Waals surface area contributed by atoms with Crippen molar-refractivity contribution in [3.05, 3.63) is 0 Å². The van der Waals surface area contributed by atoms with E-state index in [9.17, 15) is 9.59 Å². The Morgan fingerprint density at radius 3 is 0.865 bits per heavy atom. The molecule has 20 N–H and O–H groups in total. The highest BCUT2D eigenvalue weighted by atomic mass is 16.6. The molecule has 2 aliphatic rings. The Hall–Kier alpha value is -1.54. The number of carbonyl (C=O) groups is 2. The molecule has 0 aromatic heterocycles. The fraction of sp³-hybridized carbons (Fsp3) is 0.929. The summed E-state index contributed by atoms with van der Waals surface area (Å²) in [5.74, 6) is 0. The summed E-state index contributed by atoms with van der Waals surface area (Å²) in [5, 5.41) is 176. The lowest BCUT2D eigenvalue weighted by Gasteiger charge is -2.37. The maximum Gasteiger partial charge on any atom is 0.184 e. The second-order valence-corrected chi connectivity index (χ2v) is 10.2. The first-order valence-corrected chi connectivity index (χ1v) is 13.8. The zero-order valence-electron chi connectivity index (χ0n) is 25.0. The van der Waals surface area contributed by atoms with Crippen LogP contribution in [-0.2, 0) is 19.1 Å². The quantitative estimate of drug-likeness (QED) is 0.0817. The number of aliphatic hydroxyl groups excluding tert-OH is 20. The molecule has 0 saturated carbocycles. The average Bonchev–Trinajstić information content (AvgIpc) is 3.10. The molecule has 2 rings (SSSR count). The van der Waals surface area contributed by atoms with Gasteiger partial charge in [-0.15, -0.1) is 0 Å². The molecule has 24 nitrogen and oxygen atoms in total. The van der Waals surface area contributed by atoms with Gasteiger partial charge < -0.3 is 121 Å².